The van der Waals surface area contributed by atoms with Crippen LogP contribution in [0.25, 0.3) is 12.2 Å². The quantitative estimate of drug-likeness (QED) is 0.331. The Hall–Kier alpha value is -2.85. The molecule has 0 aliphatic heterocycles. The zero-order chi connectivity index (χ0) is 21.4. The Morgan fingerprint density at radius 1 is 1.27 bits per heavy atom. The lowest BCUT2D eigenvalue weighted by Gasteiger charge is -2.08. The van der Waals surface area contributed by atoms with Crippen molar-refractivity contribution in [2.24, 2.45) is 10.7 Å². The molecule has 2 rings (SSSR count). The molecule has 1 aromatic rings. The maximum absolute atomic E-state index is 5.96. The second kappa shape index (κ2) is 14.2. The molecule has 0 spiro atoms. The number of hydrogen-bond acceptors (Lipinski definition) is 3. The van der Waals surface area contributed by atoms with Gasteiger partial charge in [0.1, 0.15) is 12.4 Å². The van der Waals surface area contributed by atoms with E-state index in [-0.39, 0.29) is 0 Å². The highest BCUT2D eigenvalue weighted by molar-refractivity contribution is 5.70. The van der Waals surface area contributed by atoms with E-state index < -0.39 is 0 Å². The van der Waals surface area contributed by atoms with E-state index in [1.807, 2.05) is 49.6 Å². The zero-order valence-electron chi connectivity index (χ0n) is 18.2. The van der Waals surface area contributed by atoms with Crippen molar-refractivity contribution < 1.29 is 4.74 Å². The maximum Gasteiger partial charge on any atom is 0.119 e. The van der Waals surface area contributed by atoms with Crippen LogP contribution in [0.1, 0.15) is 49.4 Å². The van der Waals surface area contributed by atoms with Gasteiger partial charge in [-0.25, -0.2) is 0 Å². The molecule has 0 bridgehead atoms. The molecule has 1 heterocycles. The summed E-state index contributed by atoms with van der Waals surface area (Å²) in [6.45, 7) is 8.86. The minimum absolute atomic E-state index is 0.509. The van der Waals surface area contributed by atoms with E-state index in [2.05, 4.69) is 46.6 Å². The molecule has 1 aliphatic rings. The topological polar surface area (TPSA) is 52.5 Å². The summed E-state index contributed by atoms with van der Waals surface area (Å²) in [5.74, 6) is 0.882. The third-order valence-corrected chi connectivity index (χ3v) is 4.81. The average Bonchev–Trinajstić information content (AvgIpc) is 2.90. The minimum Gasteiger partial charge on any atom is -0.490 e. The molecule has 0 saturated carbocycles. The van der Waals surface area contributed by atoms with Gasteiger partial charge in [-0.1, -0.05) is 37.0 Å². The lowest BCUT2D eigenvalue weighted by Crippen LogP contribution is -2.00. The van der Waals surface area contributed by atoms with Crippen molar-refractivity contribution in [1.82, 2.24) is 4.57 Å². The van der Waals surface area contributed by atoms with Crippen LogP contribution in [0.15, 0.2) is 72.1 Å². The van der Waals surface area contributed by atoms with Crippen molar-refractivity contribution in [2.45, 2.75) is 45.7 Å². The van der Waals surface area contributed by atoms with Crippen LogP contribution in [0.2, 0.25) is 0 Å². The van der Waals surface area contributed by atoms with E-state index >= 15 is 0 Å². The number of aryl methyl sites for hydroxylation is 1. The summed E-state index contributed by atoms with van der Waals surface area (Å²) in [6, 6.07) is 0. The monoisotopic (exact) mass is 405 g/mol. The lowest BCUT2D eigenvalue weighted by atomic mass is 10.1. The second-order valence-electron chi connectivity index (χ2n) is 7.05. The largest absolute Gasteiger partial charge is 0.490 e. The first kappa shape index (κ1) is 23.4. The number of rotatable bonds is 13. The standard InChI is InChI=1S/C26H35N3O/c1-3-5-17-28-18-11-8-12-19-29-22-23(21-27)25(4-2)26(29)16-13-20-30-24-14-9-6-7-10-15-24/h3-6,9-10,13-17,22H,2,7-8,11-12,18-21,27H2,1H3/b5-3-,16-13-,28-17?. The number of nitrogens with two attached hydrogens (primary N) is 1. The fourth-order valence-electron chi connectivity index (χ4n) is 3.26. The Morgan fingerprint density at radius 3 is 2.97 bits per heavy atom. The predicted molar refractivity (Wildman–Crippen MR) is 130 cm³/mol. The molecule has 0 unspecified atom stereocenters. The van der Waals surface area contributed by atoms with Crippen molar-refractivity contribution in [1.29, 1.82) is 0 Å². The Kier molecular flexibility index (Phi) is 11.1. The van der Waals surface area contributed by atoms with Crippen molar-refractivity contribution in [3.05, 3.63) is 84.0 Å². The van der Waals surface area contributed by atoms with E-state index in [4.69, 9.17) is 10.5 Å². The van der Waals surface area contributed by atoms with Gasteiger partial charge < -0.3 is 15.0 Å². The fraction of sp³-hybridized carbons (Fsp3) is 0.346. The first-order chi connectivity index (χ1) is 14.8. The van der Waals surface area contributed by atoms with Gasteiger partial charge in [0.2, 0.25) is 0 Å². The Bertz CT molecular complexity index is 835. The second-order valence-corrected chi connectivity index (χ2v) is 7.05. The number of unbranched alkanes of at least 4 members (excludes halogenated alkanes) is 2. The number of allylic oxidation sites excluding steroid dienone is 7. The summed E-state index contributed by atoms with van der Waals surface area (Å²) in [5, 5.41) is 0. The van der Waals surface area contributed by atoms with Gasteiger partial charge in [-0.3, -0.25) is 4.99 Å². The van der Waals surface area contributed by atoms with Gasteiger partial charge in [0, 0.05) is 43.3 Å². The van der Waals surface area contributed by atoms with Crippen LogP contribution < -0.4 is 5.73 Å². The van der Waals surface area contributed by atoms with Crippen molar-refractivity contribution in [2.75, 3.05) is 13.2 Å². The van der Waals surface area contributed by atoms with Gasteiger partial charge in [-0.15, -0.1) is 0 Å². The molecule has 0 saturated heterocycles. The minimum atomic E-state index is 0.509. The maximum atomic E-state index is 5.96. The highest BCUT2D eigenvalue weighted by Crippen LogP contribution is 2.21. The van der Waals surface area contributed by atoms with E-state index in [9.17, 15) is 0 Å². The third kappa shape index (κ3) is 7.88. The van der Waals surface area contributed by atoms with E-state index in [1.165, 1.54) is 0 Å². The summed E-state index contributed by atoms with van der Waals surface area (Å²) >= 11 is 0. The van der Waals surface area contributed by atoms with Crippen molar-refractivity contribution >= 4 is 18.4 Å². The van der Waals surface area contributed by atoms with Gasteiger partial charge in [0.15, 0.2) is 0 Å². The molecule has 0 radical (unpaired) electrons. The third-order valence-electron chi connectivity index (χ3n) is 4.81. The molecule has 0 aromatic carbocycles. The molecule has 1 aliphatic carbocycles. The summed E-state index contributed by atoms with van der Waals surface area (Å²) < 4.78 is 8.13. The molecule has 30 heavy (non-hydrogen) atoms. The number of hydrogen-bond donors (Lipinski definition) is 1. The highest BCUT2D eigenvalue weighted by Gasteiger charge is 2.10. The predicted octanol–water partition coefficient (Wildman–Crippen LogP) is 5.84. The Morgan fingerprint density at radius 2 is 2.17 bits per heavy atom. The number of aromatic nitrogens is 1. The fourth-order valence-corrected chi connectivity index (χ4v) is 3.26. The summed E-state index contributed by atoms with van der Waals surface area (Å²) in [4.78, 5) is 4.38. The SMILES string of the molecule is C=Cc1c(CN)cn(CCCCCN=C/C=C\C)c1/C=C\COC1=CC=CCC=C1. The van der Waals surface area contributed by atoms with Crippen LogP contribution in [0.4, 0.5) is 0 Å². The number of aliphatic imine (C=N–C) groups is 1. The van der Waals surface area contributed by atoms with Gasteiger partial charge in [0.25, 0.3) is 0 Å². The molecular formula is C26H35N3O. The van der Waals surface area contributed by atoms with Crippen LogP contribution in [-0.4, -0.2) is 23.9 Å². The number of ether oxygens (including phenoxy) is 1. The molecule has 1 aromatic heterocycles. The average molecular weight is 406 g/mol. The first-order valence-electron chi connectivity index (χ1n) is 10.8. The van der Waals surface area contributed by atoms with Gasteiger partial charge >= 0.3 is 0 Å². The molecule has 0 atom stereocenters. The normalized spacial score (nSPS) is 14.1. The van der Waals surface area contributed by atoms with Gasteiger partial charge in [-0.2, -0.15) is 0 Å². The molecule has 2 N–H and O–H groups in total. The smallest absolute Gasteiger partial charge is 0.119 e. The van der Waals surface area contributed by atoms with Crippen molar-refractivity contribution in [3.63, 3.8) is 0 Å². The summed E-state index contributed by atoms with van der Waals surface area (Å²) in [5.41, 5.74) is 9.34. The Balaban J connectivity index is 1.93. The highest BCUT2D eigenvalue weighted by atomic mass is 16.5. The lowest BCUT2D eigenvalue weighted by molar-refractivity contribution is 0.262. The summed E-state index contributed by atoms with van der Waals surface area (Å²) in [7, 11) is 0. The molecule has 160 valence electrons. The Labute approximate surface area is 181 Å². The molecular weight excluding hydrogens is 370 g/mol. The van der Waals surface area contributed by atoms with Crippen LogP contribution >= 0.6 is 0 Å². The van der Waals surface area contributed by atoms with Crippen LogP contribution in [0, 0.1) is 0 Å². The molecule has 0 amide bonds. The van der Waals surface area contributed by atoms with Crippen LogP contribution in [0.3, 0.4) is 0 Å². The van der Waals surface area contributed by atoms with Gasteiger partial charge in [0.05, 0.1) is 0 Å². The van der Waals surface area contributed by atoms with Crippen LogP contribution in [-0.2, 0) is 17.8 Å². The first-order valence-corrected chi connectivity index (χ1v) is 10.8. The van der Waals surface area contributed by atoms with E-state index in [0.29, 0.717) is 13.2 Å². The van der Waals surface area contributed by atoms with Gasteiger partial charge in [-0.05, 0) is 68.6 Å². The van der Waals surface area contributed by atoms with E-state index in [1.54, 1.807) is 0 Å². The number of nitrogens with zero attached hydrogens (tertiary/aromatic N) is 2. The van der Waals surface area contributed by atoms with Crippen LogP contribution in [0.5, 0.6) is 0 Å². The molecule has 0 fully saturated rings. The van der Waals surface area contributed by atoms with Crippen molar-refractivity contribution in [3.8, 4) is 0 Å². The molecule has 4 heteroatoms. The van der Waals surface area contributed by atoms with E-state index in [0.717, 1.165) is 61.4 Å². The summed E-state index contributed by atoms with van der Waals surface area (Å²) in [6.07, 6.45) is 28.6. The zero-order valence-corrected chi connectivity index (χ0v) is 18.2. The molecule has 4 nitrogen and oxygen atoms in total.